The van der Waals surface area contributed by atoms with E-state index >= 15 is 0 Å². The second-order valence-electron chi connectivity index (χ2n) is 3.63. The summed E-state index contributed by atoms with van der Waals surface area (Å²) >= 11 is 0. The molecule has 0 spiro atoms. The quantitative estimate of drug-likeness (QED) is 0.797. The van der Waals surface area contributed by atoms with Crippen LogP contribution < -0.4 is 5.73 Å². The van der Waals surface area contributed by atoms with Crippen LogP contribution in [-0.4, -0.2) is 9.97 Å². The summed E-state index contributed by atoms with van der Waals surface area (Å²) in [4.78, 5) is 8.42. The fourth-order valence-corrected chi connectivity index (χ4v) is 1.70. The molecule has 0 aliphatic carbocycles. The largest absolute Gasteiger partial charge is 0.322 e. The molecular formula is C11H19N3. The van der Waals surface area contributed by atoms with Crippen molar-refractivity contribution in [3.05, 3.63) is 23.8 Å². The van der Waals surface area contributed by atoms with E-state index in [2.05, 4.69) is 23.8 Å². The Kier molecular flexibility index (Phi) is 4.01. The maximum atomic E-state index is 6.14. The summed E-state index contributed by atoms with van der Waals surface area (Å²) in [5, 5.41) is 0. The van der Waals surface area contributed by atoms with Gasteiger partial charge in [-0.15, -0.1) is 0 Å². The molecule has 0 radical (unpaired) electrons. The molecule has 1 atom stereocenters. The lowest BCUT2D eigenvalue weighted by atomic mass is 9.92. The summed E-state index contributed by atoms with van der Waals surface area (Å²) in [5.74, 6) is 1.31. The Hall–Kier alpha value is -0.960. The molecule has 14 heavy (non-hydrogen) atoms. The predicted molar refractivity (Wildman–Crippen MR) is 57.8 cm³/mol. The highest BCUT2D eigenvalue weighted by Gasteiger charge is 2.17. The van der Waals surface area contributed by atoms with E-state index < -0.39 is 0 Å². The summed E-state index contributed by atoms with van der Waals surface area (Å²) in [7, 11) is 0. The molecule has 1 unspecified atom stereocenters. The lowest BCUT2D eigenvalue weighted by Crippen LogP contribution is -2.21. The van der Waals surface area contributed by atoms with Gasteiger partial charge in [0.25, 0.3) is 0 Å². The lowest BCUT2D eigenvalue weighted by molar-refractivity contribution is 0.398. The summed E-state index contributed by atoms with van der Waals surface area (Å²) in [6.45, 7) is 6.23. The highest BCUT2D eigenvalue weighted by atomic mass is 14.9. The molecule has 2 N–H and O–H groups in total. The van der Waals surface area contributed by atoms with E-state index in [1.54, 1.807) is 6.20 Å². The van der Waals surface area contributed by atoms with Crippen molar-refractivity contribution in [2.45, 2.75) is 39.7 Å². The van der Waals surface area contributed by atoms with Crippen molar-refractivity contribution in [1.82, 2.24) is 9.97 Å². The number of rotatable bonds is 4. The zero-order valence-electron chi connectivity index (χ0n) is 9.20. The normalized spacial score (nSPS) is 13.2. The zero-order chi connectivity index (χ0) is 10.6. The van der Waals surface area contributed by atoms with Gasteiger partial charge in [-0.3, -0.25) is 0 Å². The molecular weight excluding hydrogens is 174 g/mol. The lowest BCUT2D eigenvalue weighted by Gasteiger charge is -2.20. The third-order valence-electron chi connectivity index (χ3n) is 2.70. The van der Waals surface area contributed by atoms with E-state index in [4.69, 9.17) is 5.73 Å². The van der Waals surface area contributed by atoms with E-state index in [0.29, 0.717) is 5.92 Å². The SMILES string of the molecule is CCC(CC)C(N)c1ccnc(C)n1. The molecule has 0 saturated carbocycles. The molecule has 1 rings (SSSR count). The molecule has 3 heteroatoms. The van der Waals surface area contributed by atoms with Crippen molar-refractivity contribution in [3.63, 3.8) is 0 Å². The zero-order valence-corrected chi connectivity index (χ0v) is 9.20. The third-order valence-corrected chi connectivity index (χ3v) is 2.70. The molecule has 78 valence electrons. The second kappa shape index (κ2) is 5.05. The number of hydrogen-bond donors (Lipinski definition) is 1. The van der Waals surface area contributed by atoms with Gasteiger partial charge in [0, 0.05) is 12.2 Å². The van der Waals surface area contributed by atoms with Crippen LogP contribution in [0, 0.1) is 12.8 Å². The second-order valence-corrected chi connectivity index (χ2v) is 3.63. The van der Waals surface area contributed by atoms with Gasteiger partial charge in [-0.05, 0) is 18.9 Å². The maximum Gasteiger partial charge on any atom is 0.125 e. The number of nitrogens with two attached hydrogens (primary N) is 1. The Morgan fingerprint density at radius 3 is 2.50 bits per heavy atom. The Morgan fingerprint density at radius 2 is 2.00 bits per heavy atom. The van der Waals surface area contributed by atoms with Crippen LogP contribution in [-0.2, 0) is 0 Å². The summed E-state index contributed by atoms with van der Waals surface area (Å²) in [6, 6.07) is 1.96. The van der Waals surface area contributed by atoms with E-state index in [0.717, 1.165) is 24.4 Å². The Balaban J connectivity index is 2.82. The number of hydrogen-bond acceptors (Lipinski definition) is 3. The summed E-state index contributed by atoms with van der Waals surface area (Å²) < 4.78 is 0. The van der Waals surface area contributed by atoms with Gasteiger partial charge in [-0.2, -0.15) is 0 Å². The van der Waals surface area contributed by atoms with Crippen LogP contribution in [0.1, 0.15) is 44.2 Å². The maximum absolute atomic E-state index is 6.14. The predicted octanol–water partition coefficient (Wildman–Crippen LogP) is 2.22. The van der Waals surface area contributed by atoms with Crippen molar-refractivity contribution in [1.29, 1.82) is 0 Å². The minimum absolute atomic E-state index is 0.0479. The standard InChI is InChI=1S/C11H19N3/c1-4-9(5-2)11(12)10-6-7-13-8(3)14-10/h6-7,9,11H,4-5,12H2,1-3H3. The van der Waals surface area contributed by atoms with Crippen LogP contribution in [0.25, 0.3) is 0 Å². The van der Waals surface area contributed by atoms with E-state index in [-0.39, 0.29) is 6.04 Å². The summed E-state index contributed by atoms with van der Waals surface area (Å²) in [6.07, 6.45) is 3.97. The van der Waals surface area contributed by atoms with Crippen LogP contribution in [0.2, 0.25) is 0 Å². The van der Waals surface area contributed by atoms with Crippen LogP contribution in [0.15, 0.2) is 12.3 Å². The van der Waals surface area contributed by atoms with Gasteiger partial charge < -0.3 is 5.73 Å². The molecule has 0 fully saturated rings. The topological polar surface area (TPSA) is 51.8 Å². The number of aromatic nitrogens is 2. The van der Waals surface area contributed by atoms with E-state index in [9.17, 15) is 0 Å². The van der Waals surface area contributed by atoms with Crippen LogP contribution >= 0.6 is 0 Å². The molecule has 1 aromatic rings. The van der Waals surface area contributed by atoms with Crippen LogP contribution in [0.4, 0.5) is 0 Å². The summed E-state index contributed by atoms with van der Waals surface area (Å²) in [5.41, 5.74) is 7.10. The average Bonchev–Trinajstić information content (AvgIpc) is 2.19. The molecule has 0 aliphatic heterocycles. The first-order chi connectivity index (χ1) is 6.69. The van der Waals surface area contributed by atoms with Crippen molar-refractivity contribution in [2.75, 3.05) is 0 Å². The molecule has 0 bridgehead atoms. The highest BCUT2D eigenvalue weighted by Crippen LogP contribution is 2.23. The minimum atomic E-state index is 0.0479. The highest BCUT2D eigenvalue weighted by molar-refractivity contribution is 5.07. The monoisotopic (exact) mass is 193 g/mol. The van der Waals surface area contributed by atoms with Crippen LogP contribution in [0.5, 0.6) is 0 Å². The molecule has 3 nitrogen and oxygen atoms in total. The Labute approximate surface area is 85.8 Å². The smallest absolute Gasteiger partial charge is 0.125 e. The van der Waals surface area contributed by atoms with Crippen molar-refractivity contribution < 1.29 is 0 Å². The molecule has 1 aromatic heterocycles. The third kappa shape index (κ3) is 2.51. The fraction of sp³-hybridized carbons (Fsp3) is 0.636. The van der Waals surface area contributed by atoms with Gasteiger partial charge in [0.2, 0.25) is 0 Å². The average molecular weight is 193 g/mol. The molecule has 1 heterocycles. The number of aryl methyl sites for hydroxylation is 1. The van der Waals surface area contributed by atoms with Gasteiger partial charge in [-0.1, -0.05) is 26.7 Å². The molecule has 0 amide bonds. The van der Waals surface area contributed by atoms with Gasteiger partial charge in [0.1, 0.15) is 5.82 Å². The number of nitrogens with zero attached hydrogens (tertiary/aromatic N) is 2. The van der Waals surface area contributed by atoms with E-state index in [1.165, 1.54) is 0 Å². The molecule has 0 aliphatic rings. The molecule has 0 aromatic carbocycles. The fourth-order valence-electron chi connectivity index (χ4n) is 1.70. The van der Waals surface area contributed by atoms with Crippen molar-refractivity contribution >= 4 is 0 Å². The first kappa shape index (κ1) is 11.1. The minimum Gasteiger partial charge on any atom is -0.322 e. The Bertz CT molecular complexity index is 282. The molecule has 0 saturated heterocycles. The van der Waals surface area contributed by atoms with Crippen molar-refractivity contribution in [2.24, 2.45) is 11.7 Å². The van der Waals surface area contributed by atoms with Gasteiger partial charge >= 0.3 is 0 Å². The first-order valence-corrected chi connectivity index (χ1v) is 5.24. The van der Waals surface area contributed by atoms with Gasteiger partial charge in [0.05, 0.1) is 5.69 Å². The van der Waals surface area contributed by atoms with Gasteiger partial charge in [-0.25, -0.2) is 9.97 Å². The van der Waals surface area contributed by atoms with Crippen LogP contribution in [0.3, 0.4) is 0 Å². The van der Waals surface area contributed by atoms with Gasteiger partial charge in [0.15, 0.2) is 0 Å². The first-order valence-electron chi connectivity index (χ1n) is 5.24. The van der Waals surface area contributed by atoms with E-state index in [1.807, 2.05) is 13.0 Å². The Morgan fingerprint density at radius 1 is 1.36 bits per heavy atom. The van der Waals surface area contributed by atoms with Crippen molar-refractivity contribution in [3.8, 4) is 0 Å².